The van der Waals surface area contributed by atoms with Crippen molar-refractivity contribution in [2.75, 3.05) is 11.9 Å². The zero-order valence-electron chi connectivity index (χ0n) is 17.6. The summed E-state index contributed by atoms with van der Waals surface area (Å²) in [4.78, 5) is 32.4. The van der Waals surface area contributed by atoms with E-state index in [0.29, 0.717) is 29.1 Å². The molecule has 0 spiro atoms. The number of carbonyl (C=O) groups excluding carboxylic acids is 2. The molecule has 3 amide bonds. The first kappa shape index (κ1) is 21.6. The van der Waals surface area contributed by atoms with Gasteiger partial charge in [-0.3, -0.25) is 20.5 Å². The zero-order chi connectivity index (χ0) is 23.2. The number of urea groups is 1. The number of carbonyl (C=O) groups is 2. The van der Waals surface area contributed by atoms with E-state index in [1.807, 2.05) is 37.3 Å². The summed E-state index contributed by atoms with van der Waals surface area (Å²) in [6, 6.07) is 12.2. The predicted molar refractivity (Wildman–Crippen MR) is 121 cm³/mol. The van der Waals surface area contributed by atoms with E-state index < -0.39 is 11.9 Å². The van der Waals surface area contributed by atoms with Crippen LogP contribution in [0.1, 0.15) is 17.3 Å². The van der Waals surface area contributed by atoms with Crippen molar-refractivity contribution in [2.24, 2.45) is 5.84 Å². The van der Waals surface area contributed by atoms with Crippen molar-refractivity contribution < 1.29 is 14.0 Å². The Morgan fingerprint density at radius 2 is 1.76 bits per heavy atom. The minimum absolute atomic E-state index is 0.207. The molecule has 0 atom stereocenters. The Morgan fingerprint density at radius 3 is 2.52 bits per heavy atom. The molecular formula is C22H20N8O3. The van der Waals surface area contributed by atoms with Crippen molar-refractivity contribution in [3.05, 3.63) is 66.6 Å². The Kier molecular flexibility index (Phi) is 6.32. The Bertz CT molecular complexity index is 1290. The van der Waals surface area contributed by atoms with Crippen molar-refractivity contribution in [2.45, 2.75) is 6.92 Å². The van der Waals surface area contributed by atoms with Gasteiger partial charge in [-0.05, 0) is 31.2 Å². The Balaban J connectivity index is 1.80. The molecule has 0 bridgehead atoms. The largest absolute Gasteiger partial charge is 0.416 e. The number of anilines is 1. The average Bonchev–Trinajstić information content (AvgIpc) is 3.34. The van der Waals surface area contributed by atoms with E-state index in [1.54, 1.807) is 18.3 Å². The number of rotatable bonds is 6. The third-order valence-electron chi connectivity index (χ3n) is 4.60. The average molecular weight is 444 g/mol. The molecule has 0 saturated heterocycles. The fourth-order valence-electron chi connectivity index (χ4n) is 3.08. The molecule has 3 aromatic heterocycles. The number of hydrogen-bond acceptors (Lipinski definition) is 8. The van der Waals surface area contributed by atoms with Gasteiger partial charge in [0.2, 0.25) is 11.8 Å². The number of nitrogens with zero attached hydrogens (tertiary/aromatic N) is 4. The van der Waals surface area contributed by atoms with Crippen molar-refractivity contribution >= 4 is 17.8 Å². The molecule has 11 heteroatoms. The number of amides is 3. The fraction of sp³-hybridized carbons (Fsp3) is 0.0909. The van der Waals surface area contributed by atoms with Gasteiger partial charge < -0.3 is 9.73 Å². The first-order valence-corrected chi connectivity index (χ1v) is 9.99. The van der Waals surface area contributed by atoms with Gasteiger partial charge in [0, 0.05) is 41.8 Å². The fourth-order valence-corrected chi connectivity index (χ4v) is 3.08. The van der Waals surface area contributed by atoms with Gasteiger partial charge in [-0.2, -0.15) is 0 Å². The molecule has 11 nitrogen and oxygen atoms in total. The van der Waals surface area contributed by atoms with E-state index in [2.05, 4.69) is 36.2 Å². The van der Waals surface area contributed by atoms with E-state index in [1.165, 1.54) is 12.4 Å². The molecule has 4 rings (SSSR count). The number of nitrogens with one attached hydrogen (secondary N) is 3. The van der Waals surface area contributed by atoms with Crippen LogP contribution in [0.3, 0.4) is 0 Å². The first-order chi connectivity index (χ1) is 16.1. The van der Waals surface area contributed by atoms with Gasteiger partial charge in [-0.15, -0.1) is 10.2 Å². The molecular weight excluding hydrogens is 424 g/mol. The summed E-state index contributed by atoms with van der Waals surface area (Å²) in [7, 11) is 0. The van der Waals surface area contributed by atoms with Crippen LogP contribution in [0.5, 0.6) is 0 Å². The molecule has 4 aromatic rings. The second kappa shape index (κ2) is 9.66. The van der Waals surface area contributed by atoms with E-state index in [4.69, 9.17) is 10.3 Å². The van der Waals surface area contributed by atoms with Crippen LogP contribution in [-0.4, -0.2) is 38.6 Å². The lowest BCUT2D eigenvalue weighted by atomic mass is 10.0. The van der Waals surface area contributed by atoms with Crippen LogP contribution in [0.4, 0.5) is 10.6 Å². The molecule has 0 saturated carbocycles. The maximum atomic E-state index is 12.0. The quantitative estimate of drug-likeness (QED) is 0.200. The van der Waals surface area contributed by atoms with Crippen LogP contribution >= 0.6 is 0 Å². The lowest BCUT2D eigenvalue weighted by molar-refractivity contribution is 0.0953. The molecule has 0 aliphatic heterocycles. The van der Waals surface area contributed by atoms with Crippen LogP contribution in [-0.2, 0) is 0 Å². The molecule has 0 radical (unpaired) electrons. The lowest BCUT2D eigenvalue weighted by Gasteiger charge is -2.11. The van der Waals surface area contributed by atoms with Gasteiger partial charge in [0.25, 0.3) is 5.91 Å². The van der Waals surface area contributed by atoms with E-state index in [-0.39, 0.29) is 17.3 Å². The molecule has 0 unspecified atom stereocenters. The predicted octanol–water partition coefficient (Wildman–Crippen LogP) is 2.61. The molecule has 166 valence electrons. The summed E-state index contributed by atoms with van der Waals surface area (Å²) in [5, 5.41) is 13.6. The maximum Gasteiger partial charge on any atom is 0.320 e. The minimum atomic E-state index is -0.488. The third-order valence-corrected chi connectivity index (χ3v) is 4.60. The van der Waals surface area contributed by atoms with E-state index >= 15 is 0 Å². The highest BCUT2D eigenvalue weighted by molar-refractivity contribution is 5.95. The van der Waals surface area contributed by atoms with E-state index in [0.717, 1.165) is 5.56 Å². The van der Waals surface area contributed by atoms with E-state index in [9.17, 15) is 9.59 Å². The third kappa shape index (κ3) is 4.83. The minimum Gasteiger partial charge on any atom is -0.416 e. The maximum absolute atomic E-state index is 12.0. The molecule has 0 aliphatic carbocycles. The van der Waals surface area contributed by atoms with Crippen LogP contribution in [0.15, 0.2) is 65.5 Å². The smallest absolute Gasteiger partial charge is 0.320 e. The second-order valence-corrected chi connectivity index (χ2v) is 6.81. The molecule has 0 fully saturated rings. The Morgan fingerprint density at radius 1 is 0.970 bits per heavy atom. The summed E-state index contributed by atoms with van der Waals surface area (Å²) in [5.74, 6) is 5.58. The number of nitrogen functional groups attached to an aromatic ring is 1. The van der Waals surface area contributed by atoms with Gasteiger partial charge in [0.15, 0.2) is 0 Å². The summed E-state index contributed by atoms with van der Waals surface area (Å²) in [6.07, 6.45) is 4.49. The highest BCUT2D eigenvalue weighted by Gasteiger charge is 2.18. The van der Waals surface area contributed by atoms with Crippen molar-refractivity contribution in [1.82, 2.24) is 30.9 Å². The van der Waals surface area contributed by atoms with Gasteiger partial charge in [0.05, 0.1) is 11.1 Å². The van der Waals surface area contributed by atoms with Gasteiger partial charge in [-0.1, -0.05) is 18.2 Å². The highest BCUT2D eigenvalue weighted by atomic mass is 16.4. The highest BCUT2D eigenvalue weighted by Crippen LogP contribution is 2.34. The molecule has 33 heavy (non-hydrogen) atoms. The monoisotopic (exact) mass is 444 g/mol. The lowest BCUT2D eigenvalue weighted by Crippen LogP contribution is -2.30. The van der Waals surface area contributed by atoms with Gasteiger partial charge in [0.1, 0.15) is 5.82 Å². The standard InChI is InChI=1S/C22H20N8O3/c1-2-25-22(32)27-18-9-16(21-30-29-20(33-21)13-6-4-3-5-7-13)17(12-26-18)14-8-15(11-24-10-14)19(31)28-23/h3-12H,2,23H2,1H3,(H,28,31)(H2,25,26,27,32). The van der Waals surface area contributed by atoms with Gasteiger partial charge in [-0.25, -0.2) is 15.6 Å². The second-order valence-electron chi connectivity index (χ2n) is 6.81. The number of pyridine rings is 2. The number of hydrazine groups is 1. The first-order valence-electron chi connectivity index (χ1n) is 9.99. The molecule has 5 N–H and O–H groups in total. The summed E-state index contributed by atoms with van der Waals surface area (Å²) in [6.45, 7) is 2.27. The van der Waals surface area contributed by atoms with Crippen molar-refractivity contribution in [1.29, 1.82) is 0 Å². The summed E-state index contributed by atoms with van der Waals surface area (Å²) < 4.78 is 5.93. The summed E-state index contributed by atoms with van der Waals surface area (Å²) in [5.41, 5.74) is 4.74. The van der Waals surface area contributed by atoms with Crippen LogP contribution in [0.2, 0.25) is 0 Å². The van der Waals surface area contributed by atoms with Crippen LogP contribution < -0.4 is 21.9 Å². The van der Waals surface area contributed by atoms with Gasteiger partial charge >= 0.3 is 6.03 Å². The number of benzene rings is 1. The number of hydrogen-bond donors (Lipinski definition) is 4. The molecule has 1 aromatic carbocycles. The topological polar surface area (TPSA) is 161 Å². The molecule has 3 heterocycles. The Labute approximate surface area is 188 Å². The zero-order valence-corrected chi connectivity index (χ0v) is 17.6. The SMILES string of the molecule is CCNC(=O)Nc1cc(-c2nnc(-c3ccccc3)o2)c(-c2cncc(C(=O)NN)c2)cn1. The van der Waals surface area contributed by atoms with Crippen molar-refractivity contribution in [3.8, 4) is 34.0 Å². The normalized spacial score (nSPS) is 10.5. The summed E-state index contributed by atoms with van der Waals surface area (Å²) >= 11 is 0. The van der Waals surface area contributed by atoms with Crippen LogP contribution in [0.25, 0.3) is 34.0 Å². The number of aromatic nitrogens is 4. The Hall–Kier alpha value is -4.64. The number of nitrogens with two attached hydrogens (primary N) is 1. The van der Waals surface area contributed by atoms with Crippen molar-refractivity contribution in [3.63, 3.8) is 0 Å². The molecule has 0 aliphatic rings. The van der Waals surface area contributed by atoms with Crippen LogP contribution in [0, 0.1) is 0 Å².